The van der Waals surface area contributed by atoms with Crippen LogP contribution in [0.25, 0.3) is 0 Å². The standard InChI is InChI=1S/C13H19F2N/c1-13(2,16)9-11-5-3-10(4-6-11)7-8-12(14)15/h3-6,12H,7-9,16H2,1-2H3. The summed E-state index contributed by atoms with van der Waals surface area (Å²) >= 11 is 0. The van der Waals surface area contributed by atoms with E-state index in [0.29, 0.717) is 6.42 Å². The van der Waals surface area contributed by atoms with Gasteiger partial charge < -0.3 is 5.73 Å². The van der Waals surface area contributed by atoms with Gasteiger partial charge in [0.2, 0.25) is 6.43 Å². The van der Waals surface area contributed by atoms with Gasteiger partial charge in [0.1, 0.15) is 0 Å². The van der Waals surface area contributed by atoms with E-state index in [-0.39, 0.29) is 12.0 Å². The maximum Gasteiger partial charge on any atom is 0.239 e. The molecule has 0 aliphatic heterocycles. The van der Waals surface area contributed by atoms with Gasteiger partial charge >= 0.3 is 0 Å². The molecule has 0 saturated carbocycles. The first-order valence-corrected chi connectivity index (χ1v) is 5.52. The Morgan fingerprint density at radius 2 is 1.62 bits per heavy atom. The second-order valence-electron chi connectivity index (χ2n) is 4.91. The minimum atomic E-state index is -2.22. The largest absolute Gasteiger partial charge is 0.325 e. The average Bonchev–Trinajstić information content (AvgIpc) is 2.14. The lowest BCUT2D eigenvalue weighted by Crippen LogP contribution is -2.34. The van der Waals surface area contributed by atoms with Crippen molar-refractivity contribution in [3.8, 4) is 0 Å². The SMILES string of the molecule is CC(C)(N)Cc1ccc(CCC(F)F)cc1. The summed E-state index contributed by atoms with van der Waals surface area (Å²) in [4.78, 5) is 0. The first-order chi connectivity index (χ1) is 7.37. The predicted octanol–water partition coefficient (Wildman–Crippen LogP) is 3.16. The van der Waals surface area contributed by atoms with Crippen LogP contribution in [0, 0.1) is 0 Å². The Hall–Kier alpha value is -0.960. The van der Waals surface area contributed by atoms with E-state index in [1.807, 2.05) is 38.1 Å². The van der Waals surface area contributed by atoms with Gasteiger partial charge in [0.25, 0.3) is 0 Å². The van der Waals surface area contributed by atoms with Gasteiger partial charge in [0, 0.05) is 12.0 Å². The lowest BCUT2D eigenvalue weighted by atomic mass is 9.95. The fraction of sp³-hybridized carbons (Fsp3) is 0.538. The number of hydrogen-bond donors (Lipinski definition) is 1. The third kappa shape index (κ3) is 5.21. The molecule has 1 aromatic carbocycles. The van der Waals surface area contributed by atoms with Gasteiger partial charge in [0.05, 0.1) is 0 Å². The van der Waals surface area contributed by atoms with Crippen LogP contribution >= 0.6 is 0 Å². The normalized spacial score (nSPS) is 12.1. The zero-order valence-electron chi connectivity index (χ0n) is 9.84. The highest BCUT2D eigenvalue weighted by Crippen LogP contribution is 2.13. The summed E-state index contributed by atoms with van der Waals surface area (Å²) in [6.07, 6.45) is -1.06. The minimum Gasteiger partial charge on any atom is -0.325 e. The molecule has 0 fully saturated rings. The monoisotopic (exact) mass is 227 g/mol. The van der Waals surface area contributed by atoms with Gasteiger partial charge in [0.15, 0.2) is 0 Å². The average molecular weight is 227 g/mol. The van der Waals surface area contributed by atoms with E-state index in [0.717, 1.165) is 17.5 Å². The zero-order valence-corrected chi connectivity index (χ0v) is 9.84. The quantitative estimate of drug-likeness (QED) is 0.821. The fourth-order valence-corrected chi connectivity index (χ4v) is 1.63. The minimum absolute atomic E-state index is 0.0677. The zero-order chi connectivity index (χ0) is 12.2. The predicted molar refractivity (Wildman–Crippen MR) is 62.7 cm³/mol. The number of aryl methyl sites for hydroxylation is 1. The van der Waals surface area contributed by atoms with Crippen molar-refractivity contribution in [2.75, 3.05) is 0 Å². The maximum absolute atomic E-state index is 12.0. The molecular formula is C13H19F2N. The van der Waals surface area contributed by atoms with Gasteiger partial charge in [-0.25, -0.2) is 8.78 Å². The summed E-state index contributed by atoms with van der Waals surface area (Å²) < 4.78 is 24.0. The van der Waals surface area contributed by atoms with Crippen molar-refractivity contribution >= 4 is 0 Å². The molecule has 16 heavy (non-hydrogen) atoms. The molecule has 0 amide bonds. The maximum atomic E-state index is 12.0. The van der Waals surface area contributed by atoms with Crippen molar-refractivity contribution in [1.82, 2.24) is 0 Å². The number of benzene rings is 1. The summed E-state index contributed by atoms with van der Waals surface area (Å²) in [6, 6.07) is 7.75. The molecule has 3 heteroatoms. The van der Waals surface area contributed by atoms with Crippen LogP contribution in [-0.4, -0.2) is 12.0 Å². The number of hydrogen-bond acceptors (Lipinski definition) is 1. The Bertz CT molecular complexity index is 312. The van der Waals surface area contributed by atoms with E-state index < -0.39 is 6.43 Å². The van der Waals surface area contributed by atoms with Gasteiger partial charge in [-0.05, 0) is 37.8 Å². The van der Waals surface area contributed by atoms with E-state index >= 15 is 0 Å². The van der Waals surface area contributed by atoms with Crippen molar-refractivity contribution in [1.29, 1.82) is 0 Å². The first-order valence-electron chi connectivity index (χ1n) is 5.52. The third-order valence-electron chi connectivity index (χ3n) is 2.33. The molecule has 90 valence electrons. The molecule has 0 bridgehead atoms. The van der Waals surface area contributed by atoms with Crippen molar-refractivity contribution in [3.63, 3.8) is 0 Å². The molecule has 0 spiro atoms. The van der Waals surface area contributed by atoms with E-state index in [9.17, 15) is 8.78 Å². The fourth-order valence-electron chi connectivity index (χ4n) is 1.63. The van der Waals surface area contributed by atoms with E-state index in [4.69, 9.17) is 5.73 Å². The van der Waals surface area contributed by atoms with Crippen molar-refractivity contribution < 1.29 is 8.78 Å². The van der Waals surface area contributed by atoms with Gasteiger partial charge in [-0.3, -0.25) is 0 Å². The molecule has 1 nitrogen and oxygen atoms in total. The smallest absolute Gasteiger partial charge is 0.239 e. The van der Waals surface area contributed by atoms with Crippen LogP contribution in [0.15, 0.2) is 24.3 Å². The Labute approximate surface area is 95.7 Å². The molecule has 0 aromatic heterocycles. The van der Waals surface area contributed by atoms with Crippen molar-refractivity contribution in [2.24, 2.45) is 5.73 Å². The second kappa shape index (κ2) is 5.39. The van der Waals surface area contributed by atoms with Crippen molar-refractivity contribution in [3.05, 3.63) is 35.4 Å². The van der Waals surface area contributed by atoms with E-state index in [2.05, 4.69) is 0 Å². The summed E-state index contributed by atoms with van der Waals surface area (Å²) in [5, 5.41) is 0. The van der Waals surface area contributed by atoms with Gasteiger partial charge in [-0.1, -0.05) is 24.3 Å². The number of alkyl halides is 2. The van der Waals surface area contributed by atoms with Crippen LogP contribution in [0.2, 0.25) is 0 Å². The molecule has 0 radical (unpaired) electrons. The highest BCUT2D eigenvalue weighted by molar-refractivity contribution is 5.24. The lowest BCUT2D eigenvalue weighted by molar-refractivity contribution is 0.138. The molecule has 0 saturated heterocycles. The summed E-state index contributed by atoms with van der Waals surface area (Å²) in [6.45, 7) is 3.94. The molecular weight excluding hydrogens is 208 g/mol. The number of halogens is 2. The summed E-state index contributed by atoms with van der Waals surface area (Å²) in [7, 11) is 0. The highest BCUT2D eigenvalue weighted by Gasteiger charge is 2.11. The number of rotatable bonds is 5. The molecule has 1 rings (SSSR count). The Balaban J connectivity index is 2.54. The molecule has 0 aliphatic carbocycles. The molecule has 0 heterocycles. The van der Waals surface area contributed by atoms with Crippen LogP contribution in [0.3, 0.4) is 0 Å². The Morgan fingerprint density at radius 1 is 1.12 bits per heavy atom. The highest BCUT2D eigenvalue weighted by atomic mass is 19.3. The van der Waals surface area contributed by atoms with E-state index in [1.54, 1.807) is 0 Å². The van der Waals surface area contributed by atoms with Crippen LogP contribution in [0.5, 0.6) is 0 Å². The molecule has 2 N–H and O–H groups in total. The van der Waals surface area contributed by atoms with E-state index in [1.165, 1.54) is 0 Å². The Kier molecular flexibility index (Phi) is 4.42. The third-order valence-corrected chi connectivity index (χ3v) is 2.33. The molecule has 0 unspecified atom stereocenters. The van der Waals surface area contributed by atoms with Crippen LogP contribution in [0.1, 0.15) is 31.4 Å². The van der Waals surface area contributed by atoms with Crippen molar-refractivity contribution in [2.45, 2.75) is 45.1 Å². The number of nitrogens with two attached hydrogens (primary N) is 1. The van der Waals surface area contributed by atoms with Gasteiger partial charge in [-0.2, -0.15) is 0 Å². The molecule has 0 atom stereocenters. The van der Waals surface area contributed by atoms with Crippen LogP contribution in [0.4, 0.5) is 8.78 Å². The molecule has 1 aromatic rings. The van der Waals surface area contributed by atoms with Crippen LogP contribution in [-0.2, 0) is 12.8 Å². The first kappa shape index (κ1) is 13.1. The topological polar surface area (TPSA) is 26.0 Å². The Morgan fingerprint density at radius 3 is 2.06 bits per heavy atom. The molecule has 0 aliphatic rings. The second-order valence-corrected chi connectivity index (χ2v) is 4.91. The summed E-state index contributed by atoms with van der Waals surface area (Å²) in [5.41, 5.74) is 7.78. The van der Waals surface area contributed by atoms with Gasteiger partial charge in [-0.15, -0.1) is 0 Å². The van der Waals surface area contributed by atoms with Crippen LogP contribution < -0.4 is 5.73 Å². The lowest BCUT2D eigenvalue weighted by Gasteiger charge is -2.18. The summed E-state index contributed by atoms with van der Waals surface area (Å²) in [5.74, 6) is 0.